The smallest absolute Gasteiger partial charge is 0.0410 e. The van der Waals surface area contributed by atoms with E-state index in [1.807, 2.05) is 18.2 Å². The number of thiophene rings is 1. The minimum absolute atomic E-state index is 0.743. The molecule has 0 unspecified atom stereocenters. The maximum Gasteiger partial charge on any atom is 0.0410 e. The molecule has 2 aromatic rings. The predicted octanol–water partition coefficient (Wildman–Crippen LogP) is 3.88. The van der Waals surface area contributed by atoms with Gasteiger partial charge in [0.25, 0.3) is 0 Å². The molecule has 2 rings (SSSR count). The summed E-state index contributed by atoms with van der Waals surface area (Å²) in [6, 6.07) is 9.88. The Hall–Kier alpha value is -0.990. The van der Waals surface area contributed by atoms with Gasteiger partial charge in [-0.3, -0.25) is 0 Å². The lowest BCUT2D eigenvalue weighted by molar-refractivity contribution is 1.25. The Bertz CT molecular complexity index is 476. The van der Waals surface area contributed by atoms with E-state index in [1.54, 1.807) is 11.3 Å². The maximum absolute atomic E-state index is 5.94. The van der Waals surface area contributed by atoms with E-state index in [0.29, 0.717) is 0 Å². The van der Waals surface area contributed by atoms with Gasteiger partial charge in [0.1, 0.15) is 0 Å². The zero-order valence-electron chi connectivity index (χ0n) is 8.46. The van der Waals surface area contributed by atoms with Crippen LogP contribution in [-0.2, 0) is 6.42 Å². The first-order valence-electron chi connectivity index (χ1n) is 4.74. The Balaban J connectivity index is 2.27. The van der Waals surface area contributed by atoms with Gasteiger partial charge in [-0.15, -0.1) is 11.3 Å². The summed E-state index contributed by atoms with van der Waals surface area (Å²) in [5.41, 5.74) is 7.80. The summed E-state index contributed by atoms with van der Waals surface area (Å²) in [7, 11) is 0. The van der Waals surface area contributed by atoms with E-state index in [4.69, 9.17) is 17.3 Å². The molecule has 0 fully saturated rings. The van der Waals surface area contributed by atoms with E-state index in [-0.39, 0.29) is 0 Å². The summed E-state index contributed by atoms with van der Waals surface area (Å²) in [5.74, 6) is 0. The van der Waals surface area contributed by atoms with Crippen molar-refractivity contribution in [3.05, 3.63) is 50.7 Å². The van der Waals surface area contributed by atoms with Crippen LogP contribution in [0, 0.1) is 6.92 Å². The van der Waals surface area contributed by atoms with Gasteiger partial charge in [-0.25, -0.2) is 0 Å². The Labute approximate surface area is 98.5 Å². The van der Waals surface area contributed by atoms with Crippen LogP contribution in [-0.4, -0.2) is 0 Å². The number of hydrogen-bond donors (Lipinski definition) is 1. The molecular weight excluding hydrogens is 226 g/mol. The Morgan fingerprint density at radius 2 is 2.07 bits per heavy atom. The first-order chi connectivity index (χ1) is 7.15. The molecule has 0 bridgehead atoms. The number of nitrogens with two attached hydrogens (primary N) is 1. The van der Waals surface area contributed by atoms with Gasteiger partial charge in [0.15, 0.2) is 0 Å². The highest BCUT2D eigenvalue weighted by atomic mass is 35.5. The van der Waals surface area contributed by atoms with Gasteiger partial charge >= 0.3 is 0 Å². The molecule has 78 valence electrons. The molecule has 0 radical (unpaired) electrons. The van der Waals surface area contributed by atoms with Gasteiger partial charge in [-0.1, -0.05) is 11.6 Å². The lowest BCUT2D eigenvalue weighted by atomic mass is 10.1. The van der Waals surface area contributed by atoms with Crippen molar-refractivity contribution >= 4 is 28.6 Å². The second-order valence-electron chi connectivity index (χ2n) is 3.53. The summed E-state index contributed by atoms with van der Waals surface area (Å²) in [4.78, 5) is 2.65. The van der Waals surface area contributed by atoms with Crippen LogP contribution >= 0.6 is 22.9 Å². The second-order valence-corrected chi connectivity index (χ2v) is 5.34. The standard InChI is InChI=1S/C12H12ClNS/c1-8-2-4-11(15-8)7-9-6-10(13)3-5-12(9)14/h2-6H,7,14H2,1H3. The van der Waals surface area contributed by atoms with E-state index in [2.05, 4.69) is 19.1 Å². The molecule has 3 heteroatoms. The topological polar surface area (TPSA) is 26.0 Å². The molecule has 1 aromatic carbocycles. The minimum atomic E-state index is 0.743. The van der Waals surface area contributed by atoms with Crippen molar-refractivity contribution in [3.63, 3.8) is 0 Å². The molecule has 0 amide bonds. The molecule has 0 saturated carbocycles. The quantitative estimate of drug-likeness (QED) is 0.789. The van der Waals surface area contributed by atoms with Gasteiger partial charge in [0.05, 0.1) is 0 Å². The highest BCUT2D eigenvalue weighted by molar-refractivity contribution is 7.11. The van der Waals surface area contributed by atoms with Crippen LogP contribution in [0.1, 0.15) is 15.3 Å². The van der Waals surface area contributed by atoms with Crippen LogP contribution in [0.2, 0.25) is 5.02 Å². The summed E-state index contributed by atoms with van der Waals surface area (Å²) in [6.45, 7) is 2.11. The van der Waals surface area contributed by atoms with E-state index in [9.17, 15) is 0 Å². The maximum atomic E-state index is 5.94. The van der Waals surface area contributed by atoms with Crippen LogP contribution in [0.15, 0.2) is 30.3 Å². The number of aryl methyl sites for hydroxylation is 1. The van der Waals surface area contributed by atoms with E-state index in [0.717, 1.165) is 22.7 Å². The second kappa shape index (κ2) is 4.25. The first kappa shape index (κ1) is 10.5. The Kier molecular flexibility index (Phi) is 2.98. The van der Waals surface area contributed by atoms with Crippen LogP contribution in [0.25, 0.3) is 0 Å². The fourth-order valence-corrected chi connectivity index (χ4v) is 2.60. The van der Waals surface area contributed by atoms with Crippen LogP contribution < -0.4 is 5.73 Å². The number of benzene rings is 1. The number of rotatable bonds is 2. The third-order valence-electron chi connectivity index (χ3n) is 2.27. The van der Waals surface area contributed by atoms with Crippen molar-refractivity contribution in [3.8, 4) is 0 Å². The molecule has 15 heavy (non-hydrogen) atoms. The van der Waals surface area contributed by atoms with Crippen molar-refractivity contribution in [2.75, 3.05) is 5.73 Å². The Morgan fingerprint density at radius 3 is 2.73 bits per heavy atom. The summed E-state index contributed by atoms with van der Waals surface area (Å²) < 4.78 is 0. The van der Waals surface area contributed by atoms with E-state index in [1.165, 1.54) is 9.75 Å². The molecule has 0 aliphatic heterocycles. The monoisotopic (exact) mass is 237 g/mol. The molecule has 0 spiro atoms. The molecule has 0 saturated heterocycles. The van der Waals surface area contributed by atoms with Gasteiger partial charge in [0.2, 0.25) is 0 Å². The summed E-state index contributed by atoms with van der Waals surface area (Å²) in [5, 5.41) is 0.743. The van der Waals surface area contributed by atoms with Crippen molar-refractivity contribution in [1.29, 1.82) is 0 Å². The molecule has 0 aliphatic carbocycles. The van der Waals surface area contributed by atoms with Crippen molar-refractivity contribution in [2.24, 2.45) is 0 Å². The zero-order valence-corrected chi connectivity index (χ0v) is 10.0. The number of hydrogen-bond acceptors (Lipinski definition) is 2. The number of halogens is 1. The van der Waals surface area contributed by atoms with Crippen molar-refractivity contribution in [2.45, 2.75) is 13.3 Å². The van der Waals surface area contributed by atoms with E-state index < -0.39 is 0 Å². The third kappa shape index (κ3) is 2.52. The lowest BCUT2D eigenvalue weighted by Gasteiger charge is -2.04. The van der Waals surface area contributed by atoms with Crippen LogP contribution in [0.5, 0.6) is 0 Å². The minimum Gasteiger partial charge on any atom is -0.398 e. The predicted molar refractivity (Wildman–Crippen MR) is 67.7 cm³/mol. The molecule has 0 aliphatic rings. The first-order valence-corrected chi connectivity index (χ1v) is 5.94. The van der Waals surface area contributed by atoms with Crippen molar-refractivity contribution in [1.82, 2.24) is 0 Å². The Morgan fingerprint density at radius 1 is 1.27 bits per heavy atom. The molecule has 0 atom stereocenters. The number of anilines is 1. The zero-order chi connectivity index (χ0) is 10.8. The average molecular weight is 238 g/mol. The SMILES string of the molecule is Cc1ccc(Cc2cc(Cl)ccc2N)s1. The third-order valence-corrected chi connectivity index (χ3v) is 3.50. The van der Waals surface area contributed by atoms with Crippen LogP contribution in [0.4, 0.5) is 5.69 Å². The molecule has 1 aromatic heterocycles. The van der Waals surface area contributed by atoms with Gasteiger partial charge in [-0.2, -0.15) is 0 Å². The van der Waals surface area contributed by atoms with Gasteiger partial charge in [-0.05, 0) is 42.8 Å². The lowest BCUT2D eigenvalue weighted by Crippen LogP contribution is -1.94. The fraction of sp³-hybridized carbons (Fsp3) is 0.167. The summed E-state index contributed by atoms with van der Waals surface area (Å²) >= 11 is 7.73. The van der Waals surface area contributed by atoms with Crippen LogP contribution in [0.3, 0.4) is 0 Å². The molecular formula is C12H12ClNS. The average Bonchev–Trinajstić information content (AvgIpc) is 2.58. The highest BCUT2D eigenvalue weighted by Crippen LogP contribution is 2.24. The summed E-state index contributed by atoms with van der Waals surface area (Å²) in [6.07, 6.45) is 0.866. The van der Waals surface area contributed by atoms with E-state index >= 15 is 0 Å². The molecule has 1 nitrogen and oxygen atoms in total. The number of nitrogen functional groups attached to an aromatic ring is 1. The highest BCUT2D eigenvalue weighted by Gasteiger charge is 2.03. The fourth-order valence-electron chi connectivity index (χ4n) is 1.50. The van der Waals surface area contributed by atoms with Crippen molar-refractivity contribution < 1.29 is 0 Å². The van der Waals surface area contributed by atoms with Gasteiger partial charge < -0.3 is 5.73 Å². The largest absolute Gasteiger partial charge is 0.398 e. The normalized spacial score (nSPS) is 10.5. The molecule has 2 N–H and O–H groups in total. The molecule has 1 heterocycles. The van der Waals surface area contributed by atoms with Gasteiger partial charge in [0, 0.05) is 26.9 Å².